The summed E-state index contributed by atoms with van der Waals surface area (Å²) in [5, 5.41) is 0. The van der Waals surface area contributed by atoms with Crippen LogP contribution >= 0.6 is 0 Å². The van der Waals surface area contributed by atoms with Gasteiger partial charge in [0.05, 0.1) is 39.4 Å². The zero-order chi connectivity index (χ0) is 13.3. The van der Waals surface area contributed by atoms with Crippen LogP contribution in [0.5, 0.6) is 0 Å². The minimum Gasteiger partial charge on any atom is -0.504 e. The number of esters is 2. The van der Waals surface area contributed by atoms with Crippen molar-refractivity contribution in [2.45, 2.75) is 0 Å². The van der Waals surface area contributed by atoms with Crippen LogP contribution in [0.1, 0.15) is 0 Å². The third kappa shape index (κ3) is 1.70. The molecule has 18 heavy (non-hydrogen) atoms. The van der Waals surface area contributed by atoms with Crippen LogP contribution in [-0.4, -0.2) is 33.3 Å². The second-order valence-electron chi connectivity index (χ2n) is 4.39. The van der Waals surface area contributed by atoms with Crippen LogP contribution in [0.25, 0.3) is 0 Å². The van der Waals surface area contributed by atoms with E-state index < -0.39 is 11.8 Å². The molecule has 98 valence electrons. The average molecular weight is 252 g/mol. The molecular formula is C13H16O5. The lowest BCUT2D eigenvalue weighted by molar-refractivity contribution is -0.158. The minimum atomic E-state index is -0.515. The van der Waals surface area contributed by atoms with Gasteiger partial charge in [-0.2, -0.15) is 0 Å². The van der Waals surface area contributed by atoms with Gasteiger partial charge in [0.15, 0.2) is 0 Å². The zero-order valence-electron chi connectivity index (χ0n) is 10.6. The number of carbonyl (C=O) groups excluding carboxylic acids is 2. The summed E-state index contributed by atoms with van der Waals surface area (Å²) in [6, 6.07) is 0. The van der Waals surface area contributed by atoms with Crippen LogP contribution in [0, 0.1) is 23.7 Å². The third-order valence-electron chi connectivity index (χ3n) is 3.66. The van der Waals surface area contributed by atoms with E-state index in [0.29, 0.717) is 0 Å². The summed E-state index contributed by atoms with van der Waals surface area (Å²) in [4.78, 5) is 23.7. The molecule has 2 aliphatic carbocycles. The summed E-state index contributed by atoms with van der Waals surface area (Å²) in [6.07, 6.45) is 5.46. The van der Waals surface area contributed by atoms with Gasteiger partial charge in [-0.05, 0) is 5.57 Å². The Morgan fingerprint density at radius 2 is 1.44 bits per heavy atom. The molecule has 0 aliphatic heterocycles. The maximum Gasteiger partial charge on any atom is 0.310 e. The second kappa shape index (κ2) is 4.84. The van der Waals surface area contributed by atoms with Crippen LogP contribution < -0.4 is 0 Å². The molecule has 0 amide bonds. The molecule has 1 fully saturated rings. The monoisotopic (exact) mass is 252 g/mol. The normalized spacial score (nSPS) is 34.7. The van der Waals surface area contributed by atoms with E-state index in [2.05, 4.69) is 0 Å². The van der Waals surface area contributed by atoms with Crippen molar-refractivity contribution in [1.82, 2.24) is 0 Å². The number of ether oxygens (including phenoxy) is 3. The number of rotatable bonds is 3. The molecule has 2 bridgehead atoms. The first-order chi connectivity index (χ1) is 8.65. The van der Waals surface area contributed by atoms with Gasteiger partial charge in [0.1, 0.15) is 0 Å². The molecule has 4 atom stereocenters. The number of carbonyl (C=O) groups is 2. The van der Waals surface area contributed by atoms with Gasteiger partial charge < -0.3 is 14.2 Å². The van der Waals surface area contributed by atoms with Crippen molar-refractivity contribution in [3.05, 3.63) is 24.0 Å². The van der Waals surface area contributed by atoms with Crippen LogP contribution in [0.2, 0.25) is 0 Å². The highest BCUT2D eigenvalue weighted by molar-refractivity contribution is 5.86. The van der Waals surface area contributed by atoms with Crippen molar-refractivity contribution in [2.24, 2.45) is 23.7 Å². The molecule has 0 spiro atoms. The lowest BCUT2D eigenvalue weighted by Gasteiger charge is -2.22. The number of hydrogen-bond donors (Lipinski definition) is 0. The summed E-state index contributed by atoms with van der Waals surface area (Å²) in [6.45, 7) is 0. The largest absolute Gasteiger partial charge is 0.504 e. The topological polar surface area (TPSA) is 61.8 Å². The molecule has 2 rings (SSSR count). The Balaban J connectivity index is 2.38. The Hall–Kier alpha value is -1.78. The molecular weight excluding hydrogens is 236 g/mol. The molecule has 1 saturated carbocycles. The maximum atomic E-state index is 11.9. The minimum absolute atomic E-state index is 0.133. The van der Waals surface area contributed by atoms with E-state index in [0.717, 1.165) is 5.57 Å². The zero-order valence-corrected chi connectivity index (χ0v) is 10.6. The van der Waals surface area contributed by atoms with E-state index in [9.17, 15) is 9.59 Å². The smallest absolute Gasteiger partial charge is 0.310 e. The number of allylic oxidation sites excluding steroid dienone is 3. The number of hydrogen-bond acceptors (Lipinski definition) is 5. The van der Waals surface area contributed by atoms with E-state index in [1.807, 2.05) is 12.2 Å². The first-order valence-electron chi connectivity index (χ1n) is 5.72. The number of fused-ring (bicyclic) bond motifs is 2. The molecule has 0 radical (unpaired) electrons. The molecule has 5 heteroatoms. The molecule has 0 aromatic carbocycles. The number of methoxy groups -OCH3 is 3. The van der Waals surface area contributed by atoms with Crippen LogP contribution in [0.15, 0.2) is 24.0 Å². The third-order valence-corrected chi connectivity index (χ3v) is 3.66. The van der Waals surface area contributed by atoms with Gasteiger partial charge >= 0.3 is 11.9 Å². The highest BCUT2D eigenvalue weighted by Gasteiger charge is 2.56. The maximum absolute atomic E-state index is 11.9. The lowest BCUT2D eigenvalue weighted by atomic mass is 9.83. The predicted molar refractivity (Wildman–Crippen MR) is 62.2 cm³/mol. The van der Waals surface area contributed by atoms with Gasteiger partial charge in [-0.1, -0.05) is 12.2 Å². The quantitative estimate of drug-likeness (QED) is 0.424. The Kier molecular flexibility index (Phi) is 3.41. The van der Waals surface area contributed by atoms with Gasteiger partial charge in [-0.3, -0.25) is 9.59 Å². The van der Waals surface area contributed by atoms with Crippen molar-refractivity contribution in [3.63, 3.8) is 0 Å². The molecule has 0 aromatic heterocycles. The first kappa shape index (κ1) is 12.7. The molecule has 0 heterocycles. The van der Waals surface area contributed by atoms with Crippen molar-refractivity contribution in [3.8, 4) is 0 Å². The van der Waals surface area contributed by atoms with E-state index in [1.165, 1.54) is 14.2 Å². The Morgan fingerprint density at radius 1 is 1.00 bits per heavy atom. The molecule has 2 aliphatic rings. The van der Waals surface area contributed by atoms with Gasteiger partial charge in [0, 0.05) is 11.8 Å². The second-order valence-corrected chi connectivity index (χ2v) is 4.39. The first-order valence-corrected chi connectivity index (χ1v) is 5.72. The summed E-state index contributed by atoms with van der Waals surface area (Å²) >= 11 is 0. The van der Waals surface area contributed by atoms with Crippen molar-refractivity contribution < 1.29 is 23.8 Å². The van der Waals surface area contributed by atoms with Gasteiger partial charge in [-0.15, -0.1) is 0 Å². The van der Waals surface area contributed by atoms with Gasteiger partial charge in [-0.25, -0.2) is 0 Å². The average Bonchev–Trinajstić information content (AvgIpc) is 2.92. The SMILES string of the molecule is COC=C1[C@H]2C=C[C@@H]1[C@H](C(=O)OC)[C@@H]2C(=O)OC. The standard InChI is InChI=1S/C13H16O5/c1-16-6-9-7-4-5-8(9)11(13(15)18-3)10(7)12(14)17-2/h4-8,10-11H,1-3H3/t7-,8+,10-,11+. The summed E-state index contributed by atoms with van der Waals surface area (Å²) < 4.78 is 14.6. The fourth-order valence-electron chi connectivity index (χ4n) is 2.94. The Morgan fingerprint density at radius 3 is 1.78 bits per heavy atom. The molecule has 0 aromatic rings. The van der Waals surface area contributed by atoms with Crippen LogP contribution in [0.4, 0.5) is 0 Å². The van der Waals surface area contributed by atoms with Crippen molar-refractivity contribution in [1.29, 1.82) is 0 Å². The predicted octanol–water partition coefficient (Wildman–Crippen LogP) is 0.911. The Bertz CT molecular complexity index is 389. The Labute approximate surface area is 105 Å². The molecule has 0 N–H and O–H groups in total. The van der Waals surface area contributed by atoms with E-state index >= 15 is 0 Å². The van der Waals surface area contributed by atoms with E-state index in [-0.39, 0.29) is 23.8 Å². The van der Waals surface area contributed by atoms with Crippen LogP contribution in [-0.2, 0) is 23.8 Å². The van der Waals surface area contributed by atoms with Crippen LogP contribution in [0.3, 0.4) is 0 Å². The van der Waals surface area contributed by atoms with Crippen molar-refractivity contribution in [2.75, 3.05) is 21.3 Å². The highest BCUT2D eigenvalue weighted by Crippen LogP contribution is 2.52. The fourth-order valence-corrected chi connectivity index (χ4v) is 2.94. The highest BCUT2D eigenvalue weighted by atomic mass is 16.5. The fraction of sp³-hybridized carbons (Fsp3) is 0.538. The van der Waals surface area contributed by atoms with Gasteiger partial charge in [0.2, 0.25) is 0 Å². The van der Waals surface area contributed by atoms with E-state index in [1.54, 1.807) is 13.4 Å². The van der Waals surface area contributed by atoms with Gasteiger partial charge in [0.25, 0.3) is 0 Å². The molecule has 0 unspecified atom stereocenters. The van der Waals surface area contributed by atoms with Crippen molar-refractivity contribution >= 4 is 11.9 Å². The summed E-state index contributed by atoms with van der Waals surface area (Å²) in [5.41, 5.74) is 0.934. The van der Waals surface area contributed by atoms with E-state index in [4.69, 9.17) is 14.2 Å². The summed E-state index contributed by atoms with van der Waals surface area (Å²) in [5.74, 6) is -2.07. The molecule has 0 saturated heterocycles. The summed E-state index contributed by atoms with van der Waals surface area (Å²) in [7, 11) is 4.20. The molecule has 5 nitrogen and oxygen atoms in total. The lowest BCUT2D eigenvalue weighted by Crippen LogP contribution is -2.34.